The summed E-state index contributed by atoms with van der Waals surface area (Å²) in [5.41, 5.74) is 0.805. The quantitative estimate of drug-likeness (QED) is 0.821. The van der Waals surface area contributed by atoms with E-state index >= 15 is 0 Å². The van der Waals surface area contributed by atoms with Crippen LogP contribution in [0.25, 0.3) is 11.3 Å². The summed E-state index contributed by atoms with van der Waals surface area (Å²) in [5, 5.41) is 10.0. The van der Waals surface area contributed by atoms with Crippen molar-refractivity contribution in [3.8, 4) is 17.3 Å². The average Bonchev–Trinajstić information content (AvgIpc) is 3.08. The van der Waals surface area contributed by atoms with Crippen LogP contribution in [0.1, 0.15) is 22.7 Å². The van der Waals surface area contributed by atoms with Crippen molar-refractivity contribution in [2.75, 3.05) is 0 Å². The third-order valence-corrected chi connectivity index (χ3v) is 4.47. The molecule has 0 amide bonds. The monoisotopic (exact) mass is 258 g/mol. The van der Waals surface area contributed by atoms with Crippen molar-refractivity contribution >= 4 is 11.3 Å². The molecule has 1 aliphatic rings. The molecule has 0 radical (unpaired) electrons. The molecule has 1 heterocycles. The molecule has 0 spiro atoms. The minimum Gasteiger partial charge on any atom is -0.239 e. The summed E-state index contributed by atoms with van der Waals surface area (Å²) in [5.74, 6) is -0.265. The molecule has 4 heteroatoms. The van der Waals surface area contributed by atoms with E-state index in [0.717, 1.165) is 22.7 Å². The number of hydrogen-bond acceptors (Lipinski definition) is 3. The Kier molecular flexibility index (Phi) is 2.46. The summed E-state index contributed by atoms with van der Waals surface area (Å²) < 4.78 is 13.8. The van der Waals surface area contributed by atoms with E-state index in [1.54, 1.807) is 18.2 Å². The number of nitriles is 1. The first-order chi connectivity index (χ1) is 8.66. The number of nitrogens with zero attached hydrogens (tertiary/aromatic N) is 2. The number of aryl methyl sites for hydroxylation is 1. The second-order valence-electron chi connectivity index (χ2n) is 4.60. The minimum absolute atomic E-state index is 0.265. The molecule has 1 saturated carbocycles. The summed E-state index contributed by atoms with van der Waals surface area (Å²) >= 11 is 1.51. The number of thiazole rings is 1. The third kappa shape index (κ3) is 1.63. The highest BCUT2D eigenvalue weighted by Gasteiger charge is 2.48. The fourth-order valence-corrected chi connectivity index (χ4v) is 3.13. The van der Waals surface area contributed by atoms with E-state index in [4.69, 9.17) is 0 Å². The number of rotatable bonds is 2. The predicted octanol–water partition coefficient (Wildman–Crippen LogP) is 3.81. The first-order valence-corrected chi connectivity index (χ1v) is 6.62. The highest BCUT2D eigenvalue weighted by atomic mass is 32.1. The second kappa shape index (κ2) is 3.89. The van der Waals surface area contributed by atoms with Gasteiger partial charge in [-0.3, -0.25) is 0 Å². The van der Waals surface area contributed by atoms with Crippen LogP contribution in [0.15, 0.2) is 24.3 Å². The molecular formula is C14H11FN2S. The van der Waals surface area contributed by atoms with Gasteiger partial charge in [-0.15, -0.1) is 11.3 Å². The Morgan fingerprint density at radius 2 is 2.11 bits per heavy atom. The van der Waals surface area contributed by atoms with Gasteiger partial charge in [-0.25, -0.2) is 9.37 Å². The fraction of sp³-hybridized carbons (Fsp3) is 0.286. The van der Waals surface area contributed by atoms with Crippen LogP contribution in [0.4, 0.5) is 4.39 Å². The number of aromatic nitrogens is 1. The van der Waals surface area contributed by atoms with Gasteiger partial charge in [0, 0.05) is 10.4 Å². The van der Waals surface area contributed by atoms with Gasteiger partial charge < -0.3 is 0 Å². The lowest BCUT2D eigenvalue weighted by Crippen LogP contribution is -2.01. The number of benzene rings is 1. The van der Waals surface area contributed by atoms with Crippen LogP contribution in [0.2, 0.25) is 0 Å². The Labute approximate surface area is 109 Å². The fourth-order valence-electron chi connectivity index (χ4n) is 2.00. The normalized spacial score (nSPS) is 16.3. The lowest BCUT2D eigenvalue weighted by molar-refractivity contribution is 0.630. The van der Waals surface area contributed by atoms with Crippen LogP contribution in [-0.4, -0.2) is 4.98 Å². The molecule has 1 aromatic carbocycles. The predicted molar refractivity (Wildman–Crippen MR) is 68.8 cm³/mol. The van der Waals surface area contributed by atoms with Crippen molar-refractivity contribution in [2.45, 2.75) is 25.2 Å². The third-order valence-electron chi connectivity index (χ3n) is 3.30. The molecule has 0 aliphatic heterocycles. The largest absolute Gasteiger partial charge is 0.239 e. The Bertz CT molecular complexity index is 650. The number of halogens is 1. The van der Waals surface area contributed by atoms with Crippen LogP contribution < -0.4 is 0 Å². The van der Waals surface area contributed by atoms with E-state index in [0.29, 0.717) is 11.3 Å². The molecular weight excluding hydrogens is 247 g/mol. The Morgan fingerprint density at radius 1 is 1.39 bits per heavy atom. The highest BCUT2D eigenvalue weighted by Crippen LogP contribution is 2.50. The summed E-state index contributed by atoms with van der Waals surface area (Å²) in [6, 6.07) is 8.96. The molecule has 0 atom stereocenters. The average molecular weight is 258 g/mol. The Balaban J connectivity index is 2.10. The molecule has 0 bridgehead atoms. The zero-order chi connectivity index (χ0) is 12.8. The number of hydrogen-bond donors (Lipinski definition) is 0. The van der Waals surface area contributed by atoms with Crippen molar-refractivity contribution in [3.05, 3.63) is 40.0 Å². The van der Waals surface area contributed by atoms with Crippen LogP contribution in [0, 0.1) is 24.1 Å². The molecule has 1 aromatic heterocycles. The molecule has 0 unspecified atom stereocenters. The SMILES string of the molecule is Cc1sc(C2(C#N)CC2)nc1-c1ccccc1F. The van der Waals surface area contributed by atoms with Crippen LogP contribution in [0.5, 0.6) is 0 Å². The second-order valence-corrected chi connectivity index (χ2v) is 5.80. The van der Waals surface area contributed by atoms with Gasteiger partial charge in [0.15, 0.2) is 0 Å². The van der Waals surface area contributed by atoms with E-state index in [2.05, 4.69) is 11.1 Å². The van der Waals surface area contributed by atoms with E-state index < -0.39 is 0 Å². The molecule has 1 aliphatic carbocycles. The minimum atomic E-state index is -0.390. The maximum Gasteiger partial charge on any atom is 0.132 e. The molecule has 1 fully saturated rings. The summed E-state index contributed by atoms with van der Waals surface area (Å²) in [6.45, 7) is 1.93. The Hall–Kier alpha value is -1.73. The van der Waals surface area contributed by atoms with Gasteiger partial charge in [0.1, 0.15) is 16.2 Å². The molecule has 2 aromatic rings. The van der Waals surface area contributed by atoms with Gasteiger partial charge >= 0.3 is 0 Å². The summed E-state index contributed by atoms with van der Waals surface area (Å²) in [6.07, 6.45) is 1.74. The maximum absolute atomic E-state index is 13.8. The highest BCUT2D eigenvalue weighted by molar-refractivity contribution is 7.12. The first kappa shape index (κ1) is 11.4. The molecule has 3 rings (SSSR count). The van der Waals surface area contributed by atoms with Gasteiger partial charge in [-0.1, -0.05) is 12.1 Å². The standard InChI is InChI=1S/C14H11FN2S/c1-9-12(10-4-2-3-5-11(10)15)17-13(18-9)14(8-16)6-7-14/h2-5H,6-7H2,1H3. The molecule has 0 saturated heterocycles. The molecule has 90 valence electrons. The molecule has 18 heavy (non-hydrogen) atoms. The van der Waals surface area contributed by atoms with Crippen LogP contribution in [-0.2, 0) is 5.41 Å². The van der Waals surface area contributed by atoms with Crippen molar-refractivity contribution in [3.63, 3.8) is 0 Å². The Morgan fingerprint density at radius 3 is 2.72 bits per heavy atom. The zero-order valence-electron chi connectivity index (χ0n) is 9.90. The van der Waals surface area contributed by atoms with Crippen molar-refractivity contribution < 1.29 is 4.39 Å². The van der Waals surface area contributed by atoms with E-state index in [-0.39, 0.29) is 11.2 Å². The molecule has 2 nitrogen and oxygen atoms in total. The zero-order valence-corrected chi connectivity index (χ0v) is 10.7. The summed E-state index contributed by atoms with van der Waals surface area (Å²) in [7, 11) is 0. The van der Waals surface area contributed by atoms with Gasteiger partial charge in [-0.05, 0) is 31.9 Å². The lowest BCUT2D eigenvalue weighted by atomic mass is 10.1. The van der Waals surface area contributed by atoms with Gasteiger partial charge in [-0.2, -0.15) is 5.26 Å². The van der Waals surface area contributed by atoms with Crippen molar-refractivity contribution in [1.82, 2.24) is 4.98 Å². The maximum atomic E-state index is 13.8. The van der Waals surface area contributed by atoms with E-state index in [1.807, 2.05) is 6.92 Å². The summed E-state index contributed by atoms with van der Waals surface area (Å²) in [4.78, 5) is 5.47. The van der Waals surface area contributed by atoms with Crippen LogP contribution >= 0.6 is 11.3 Å². The topological polar surface area (TPSA) is 36.7 Å². The van der Waals surface area contributed by atoms with Gasteiger partial charge in [0.25, 0.3) is 0 Å². The first-order valence-electron chi connectivity index (χ1n) is 5.80. The van der Waals surface area contributed by atoms with E-state index in [1.165, 1.54) is 17.4 Å². The van der Waals surface area contributed by atoms with Crippen molar-refractivity contribution in [2.24, 2.45) is 0 Å². The molecule has 0 N–H and O–H groups in total. The smallest absolute Gasteiger partial charge is 0.132 e. The van der Waals surface area contributed by atoms with Crippen LogP contribution in [0.3, 0.4) is 0 Å². The lowest BCUT2D eigenvalue weighted by Gasteiger charge is -2.00. The van der Waals surface area contributed by atoms with Gasteiger partial charge in [0.2, 0.25) is 0 Å². The van der Waals surface area contributed by atoms with Crippen molar-refractivity contribution in [1.29, 1.82) is 5.26 Å². The van der Waals surface area contributed by atoms with Gasteiger partial charge in [0.05, 0.1) is 11.8 Å². The van der Waals surface area contributed by atoms with E-state index in [9.17, 15) is 9.65 Å².